The molecule has 0 unspecified atom stereocenters. The Morgan fingerprint density at radius 3 is 2.88 bits per heavy atom. The van der Waals surface area contributed by atoms with Gasteiger partial charge in [-0.05, 0) is 24.6 Å². The van der Waals surface area contributed by atoms with E-state index in [1.807, 2.05) is 13.1 Å². The lowest BCUT2D eigenvalue weighted by atomic mass is 10.3. The van der Waals surface area contributed by atoms with Gasteiger partial charge in [-0.3, -0.25) is 4.68 Å². The third-order valence-corrected chi connectivity index (χ3v) is 2.18. The van der Waals surface area contributed by atoms with Crippen LogP contribution in [0.25, 0.3) is 0 Å². The zero-order valence-corrected chi connectivity index (χ0v) is 9.06. The molecular formula is C12H13FN2O. The topological polar surface area (TPSA) is 27.1 Å². The van der Waals surface area contributed by atoms with Crippen LogP contribution in [0.4, 0.5) is 4.39 Å². The average Bonchev–Trinajstić information content (AvgIpc) is 2.67. The molecule has 16 heavy (non-hydrogen) atoms. The zero-order valence-electron chi connectivity index (χ0n) is 9.06. The molecule has 1 aromatic heterocycles. The Bertz CT molecular complexity index is 468. The van der Waals surface area contributed by atoms with Crippen molar-refractivity contribution in [1.29, 1.82) is 0 Å². The molecule has 0 aliphatic rings. The van der Waals surface area contributed by atoms with Crippen molar-refractivity contribution >= 4 is 0 Å². The predicted octanol–water partition coefficient (Wildman–Crippen LogP) is 2.41. The first-order valence-corrected chi connectivity index (χ1v) is 5.12. The van der Waals surface area contributed by atoms with Crippen molar-refractivity contribution in [2.24, 2.45) is 0 Å². The van der Waals surface area contributed by atoms with E-state index < -0.39 is 0 Å². The van der Waals surface area contributed by atoms with Gasteiger partial charge in [0.15, 0.2) is 11.6 Å². The second-order valence-corrected chi connectivity index (χ2v) is 3.56. The summed E-state index contributed by atoms with van der Waals surface area (Å²) in [6, 6.07) is 6.38. The van der Waals surface area contributed by atoms with Crippen molar-refractivity contribution in [2.45, 2.75) is 13.5 Å². The van der Waals surface area contributed by atoms with E-state index in [1.54, 1.807) is 29.1 Å². The first-order valence-electron chi connectivity index (χ1n) is 5.12. The van der Waals surface area contributed by atoms with Crippen LogP contribution in [-0.4, -0.2) is 16.4 Å². The highest BCUT2D eigenvalue weighted by atomic mass is 19.1. The van der Waals surface area contributed by atoms with Crippen molar-refractivity contribution in [3.63, 3.8) is 0 Å². The average molecular weight is 220 g/mol. The van der Waals surface area contributed by atoms with Crippen LogP contribution >= 0.6 is 0 Å². The Morgan fingerprint density at radius 1 is 1.38 bits per heavy atom. The molecule has 0 radical (unpaired) electrons. The summed E-state index contributed by atoms with van der Waals surface area (Å²) in [4.78, 5) is 0. The second-order valence-electron chi connectivity index (χ2n) is 3.56. The maximum Gasteiger partial charge on any atom is 0.165 e. The van der Waals surface area contributed by atoms with Gasteiger partial charge in [-0.1, -0.05) is 12.1 Å². The fraction of sp³-hybridized carbons (Fsp3) is 0.250. The van der Waals surface area contributed by atoms with Crippen LogP contribution in [0.5, 0.6) is 5.75 Å². The van der Waals surface area contributed by atoms with E-state index in [9.17, 15) is 4.39 Å². The molecule has 84 valence electrons. The Morgan fingerprint density at radius 2 is 2.19 bits per heavy atom. The Kier molecular flexibility index (Phi) is 3.19. The Labute approximate surface area is 93.5 Å². The Balaban J connectivity index is 1.87. The van der Waals surface area contributed by atoms with E-state index in [0.29, 0.717) is 13.2 Å². The SMILES string of the molecule is Cc1cnn(CCOc2ccccc2F)c1. The van der Waals surface area contributed by atoms with Gasteiger partial charge in [-0.2, -0.15) is 5.10 Å². The first-order chi connectivity index (χ1) is 7.75. The minimum absolute atomic E-state index is 0.284. The van der Waals surface area contributed by atoms with E-state index in [-0.39, 0.29) is 11.6 Å². The number of para-hydroxylation sites is 1. The van der Waals surface area contributed by atoms with Crippen molar-refractivity contribution in [2.75, 3.05) is 6.61 Å². The minimum Gasteiger partial charge on any atom is -0.489 e. The van der Waals surface area contributed by atoms with Gasteiger partial charge in [0.2, 0.25) is 0 Å². The minimum atomic E-state index is -0.334. The third kappa shape index (κ3) is 2.59. The lowest BCUT2D eigenvalue weighted by Gasteiger charge is -2.06. The van der Waals surface area contributed by atoms with Gasteiger partial charge in [0.25, 0.3) is 0 Å². The number of benzene rings is 1. The van der Waals surface area contributed by atoms with Crippen molar-refractivity contribution in [3.05, 3.63) is 48.0 Å². The molecule has 0 bridgehead atoms. The highest BCUT2D eigenvalue weighted by Gasteiger charge is 2.01. The number of hydrogen-bond acceptors (Lipinski definition) is 2. The summed E-state index contributed by atoms with van der Waals surface area (Å²) in [6.45, 7) is 2.99. The van der Waals surface area contributed by atoms with Gasteiger partial charge in [0.1, 0.15) is 6.61 Å². The number of aryl methyl sites for hydroxylation is 1. The molecule has 0 aliphatic heterocycles. The molecule has 0 spiro atoms. The molecule has 4 heteroatoms. The summed E-state index contributed by atoms with van der Waals surface area (Å²) in [7, 11) is 0. The molecular weight excluding hydrogens is 207 g/mol. The summed E-state index contributed by atoms with van der Waals surface area (Å²) < 4.78 is 20.3. The lowest BCUT2D eigenvalue weighted by molar-refractivity contribution is 0.278. The van der Waals surface area contributed by atoms with Crippen LogP contribution in [0.15, 0.2) is 36.7 Å². The summed E-state index contributed by atoms with van der Waals surface area (Å²) >= 11 is 0. The van der Waals surface area contributed by atoms with Gasteiger partial charge < -0.3 is 4.74 Å². The van der Waals surface area contributed by atoms with Crippen molar-refractivity contribution < 1.29 is 9.13 Å². The van der Waals surface area contributed by atoms with E-state index in [1.165, 1.54) is 6.07 Å². The van der Waals surface area contributed by atoms with Gasteiger partial charge in [-0.15, -0.1) is 0 Å². The number of nitrogens with zero attached hydrogens (tertiary/aromatic N) is 2. The molecule has 2 rings (SSSR count). The highest BCUT2D eigenvalue weighted by Crippen LogP contribution is 2.15. The number of ether oxygens (including phenoxy) is 1. The van der Waals surface area contributed by atoms with E-state index in [0.717, 1.165) is 5.56 Å². The molecule has 0 saturated carbocycles. The second kappa shape index (κ2) is 4.79. The molecule has 1 aromatic carbocycles. The van der Waals surface area contributed by atoms with Gasteiger partial charge in [0, 0.05) is 6.20 Å². The number of rotatable bonds is 4. The summed E-state index contributed by atoms with van der Waals surface area (Å²) in [5.41, 5.74) is 1.10. The molecule has 0 amide bonds. The van der Waals surface area contributed by atoms with E-state index in [2.05, 4.69) is 5.10 Å². The van der Waals surface area contributed by atoms with Crippen LogP contribution in [0, 0.1) is 12.7 Å². The van der Waals surface area contributed by atoms with Crippen LogP contribution in [0.3, 0.4) is 0 Å². The molecule has 2 aromatic rings. The molecule has 0 aliphatic carbocycles. The van der Waals surface area contributed by atoms with Crippen LogP contribution < -0.4 is 4.74 Å². The summed E-state index contributed by atoms with van der Waals surface area (Å²) in [5, 5.41) is 4.11. The predicted molar refractivity (Wildman–Crippen MR) is 58.9 cm³/mol. The first kappa shape index (κ1) is 10.7. The molecule has 0 atom stereocenters. The molecule has 3 nitrogen and oxygen atoms in total. The van der Waals surface area contributed by atoms with Gasteiger partial charge in [0.05, 0.1) is 12.7 Å². The standard InChI is InChI=1S/C12H13FN2O/c1-10-8-14-15(9-10)6-7-16-12-5-3-2-4-11(12)13/h2-5,8-9H,6-7H2,1H3. The van der Waals surface area contributed by atoms with E-state index >= 15 is 0 Å². The highest BCUT2D eigenvalue weighted by molar-refractivity contribution is 5.23. The molecule has 1 heterocycles. The third-order valence-electron chi connectivity index (χ3n) is 2.18. The summed E-state index contributed by atoms with van der Waals surface area (Å²) in [6.07, 6.45) is 3.70. The lowest BCUT2D eigenvalue weighted by Crippen LogP contribution is -2.09. The fourth-order valence-corrected chi connectivity index (χ4v) is 1.40. The number of hydrogen-bond donors (Lipinski definition) is 0. The van der Waals surface area contributed by atoms with Crippen molar-refractivity contribution in [3.8, 4) is 5.75 Å². The monoisotopic (exact) mass is 220 g/mol. The van der Waals surface area contributed by atoms with Gasteiger partial charge in [-0.25, -0.2) is 4.39 Å². The van der Waals surface area contributed by atoms with Crippen LogP contribution in [-0.2, 0) is 6.54 Å². The van der Waals surface area contributed by atoms with Crippen molar-refractivity contribution in [1.82, 2.24) is 9.78 Å². The van der Waals surface area contributed by atoms with Crippen LogP contribution in [0.2, 0.25) is 0 Å². The molecule has 0 fully saturated rings. The zero-order chi connectivity index (χ0) is 11.4. The molecule has 0 saturated heterocycles. The maximum atomic E-state index is 13.2. The van der Waals surface area contributed by atoms with Crippen LogP contribution in [0.1, 0.15) is 5.56 Å². The van der Waals surface area contributed by atoms with Gasteiger partial charge >= 0.3 is 0 Å². The normalized spacial score (nSPS) is 10.4. The molecule has 0 N–H and O–H groups in total. The van der Waals surface area contributed by atoms with E-state index in [4.69, 9.17) is 4.74 Å². The quantitative estimate of drug-likeness (QED) is 0.791. The Hall–Kier alpha value is -1.84. The number of halogens is 1. The smallest absolute Gasteiger partial charge is 0.165 e. The maximum absolute atomic E-state index is 13.2. The summed E-state index contributed by atoms with van der Waals surface area (Å²) in [5.74, 6) is -0.0504. The number of aromatic nitrogens is 2. The fourth-order valence-electron chi connectivity index (χ4n) is 1.40. The largest absolute Gasteiger partial charge is 0.489 e.